The van der Waals surface area contributed by atoms with Crippen LogP contribution in [0.1, 0.15) is 79.7 Å². The van der Waals surface area contributed by atoms with Crippen LogP contribution in [-0.2, 0) is 29.7 Å². The normalized spacial score (nSPS) is 13.2. The quantitative estimate of drug-likeness (QED) is 0.481. The fourth-order valence-corrected chi connectivity index (χ4v) is 3.03. The molecule has 8 heteroatoms. The fraction of sp³-hybridized carbons (Fsp3) is 0.458. The molecule has 1 amide bonds. The van der Waals surface area contributed by atoms with Crippen LogP contribution in [0.25, 0.3) is 0 Å². The molecule has 0 aliphatic carbocycles. The second-order valence-corrected chi connectivity index (χ2v) is 9.90. The van der Waals surface area contributed by atoms with Crippen LogP contribution in [0.5, 0.6) is 0 Å². The lowest BCUT2D eigenvalue weighted by Crippen LogP contribution is -2.25. The number of benzene rings is 2. The van der Waals surface area contributed by atoms with Gasteiger partial charge in [0.1, 0.15) is 0 Å². The standard InChI is InChI=1S/C24H27F6NO/c1-21(2,3)16-9-15(10-17(11-16)22(4,5)6)20(32)31-13-14-7-18(23(25,26)27)12-19(8-14)24(28,29)30/h7-12H,13H2,1-6H3,(H,31,32). The monoisotopic (exact) mass is 459 g/mol. The first kappa shape index (κ1) is 25.7. The van der Waals surface area contributed by atoms with Gasteiger partial charge < -0.3 is 5.32 Å². The molecule has 0 aromatic heterocycles. The van der Waals surface area contributed by atoms with Crippen molar-refractivity contribution in [1.82, 2.24) is 5.32 Å². The van der Waals surface area contributed by atoms with E-state index in [1.165, 1.54) is 0 Å². The molecule has 2 nitrogen and oxygen atoms in total. The Labute approximate surface area is 184 Å². The molecule has 2 rings (SSSR count). The number of carbonyl (C=O) groups is 1. The first-order valence-corrected chi connectivity index (χ1v) is 10.0. The van der Waals surface area contributed by atoms with E-state index < -0.39 is 35.9 Å². The van der Waals surface area contributed by atoms with E-state index in [4.69, 9.17) is 0 Å². The lowest BCUT2D eigenvalue weighted by atomic mass is 9.79. The van der Waals surface area contributed by atoms with Crippen molar-refractivity contribution in [2.75, 3.05) is 0 Å². The molecular formula is C24H27F6NO. The van der Waals surface area contributed by atoms with Crippen LogP contribution >= 0.6 is 0 Å². The summed E-state index contributed by atoms with van der Waals surface area (Å²) in [6.45, 7) is 11.4. The number of amides is 1. The Morgan fingerprint density at radius 1 is 0.656 bits per heavy atom. The molecule has 32 heavy (non-hydrogen) atoms. The zero-order valence-electron chi connectivity index (χ0n) is 18.8. The van der Waals surface area contributed by atoms with E-state index in [2.05, 4.69) is 5.32 Å². The molecule has 0 fully saturated rings. The number of hydrogen-bond acceptors (Lipinski definition) is 1. The van der Waals surface area contributed by atoms with Crippen LogP contribution in [0.3, 0.4) is 0 Å². The van der Waals surface area contributed by atoms with Crippen LogP contribution in [0.2, 0.25) is 0 Å². The Balaban J connectivity index is 2.39. The molecule has 0 radical (unpaired) electrons. The molecule has 0 aliphatic heterocycles. The third-order valence-corrected chi connectivity index (χ3v) is 5.03. The fourth-order valence-electron chi connectivity index (χ4n) is 3.03. The van der Waals surface area contributed by atoms with Gasteiger partial charge in [-0.1, -0.05) is 47.6 Å². The zero-order valence-corrected chi connectivity index (χ0v) is 18.8. The number of carbonyl (C=O) groups excluding carboxylic acids is 1. The molecule has 0 spiro atoms. The van der Waals surface area contributed by atoms with E-state index in [9.17, 15) is 31.1 Å². The van der Waals surface area contributed by atoms with E-state index in [0.29, 0.717) is 17.7 Å². The summed E-state index contributed by atoms with van der Waals surface area (Å²) >= 11 is 0. The number of rotatable bonds is 3. The average molecular weight is 459 g/mol. The molecule has 0 bridgehead atoms. The molecule has 0 aliphatic rings. The highest BCUT2D eigenvalue weighted by molar-refractivity contribution is 5.94. The van der Waals surface area contributed by atoms with Gasteiger partial charge in [-0.25, -0.2) is 0 Å². The lowest BCUT2D eigenvalue weighted by molar-refractivity contribution is -0.143. The van der Waals surface area contributed by atoms with Gasteiger partial charge in [0.15, 0.2) is 0 Å². The highest BCUT2D eigenvalue weighted by Gasteiger charge is 2.37. The summed E-state index contributed by atoms with van der Waals surface area (Å²) in [6.07, 6.45) is -9.88. The van der Waals surface area contributed by atoms with Gasteiger partial charge in [0, 0.05) is 12.1 Å². The van der Waals surface area contributed by atoms with Crippen molar-refractivity contribution in [1.29, 1.82) is 0 Å². The van der Waals surface area contributed by atoms with Crippen LogP contribution in [-0.4, -0.2) is 5.91 Å². The van der Waals surface area contributed by atoms with Crippen LogP contribution in [0.15, 0.2) is 36.4 Å². The minimum Gasteiger partial charge on any atom is -0.348 e. The molecule has 176 valence electrons. The van der Waals surface area contributed by atoms with Crippen molar-refractivity contribution in [3.05, 3.63) is 69.8 Å². The highest BCUT2D eigenvalue weighted by Crippen LogP contribution is 2.36. The van der Waals surface area contributed by atoms with Crippen LogP contribution in [0, 0.1) is 0 Å². The van der Waals surface area contributed by atoms with E-state index in [1.807, 2.05) is 47.6 Å². The lowest BCUT2D eigenvalue weighted by Gasteiger charge is -2.26. The summed E-state index contributed by atoms with van der Waals surface area (Å²) in [5.41, 5.74) is -1.56. The molecule has 2 aromatic rings. The Hall–Kier alpha value is -2.51. The van der Waals surface area contributed by atoms with Gasteiger partial charge in [0.2, 0.25) is 0 Å². The Morgan fingerprint density at radius 3 is 1.38 bits per heavy atom. The maximum absolute atomic E-state index is 13.1. The largest absolute Gasteiger partial charge is 0.416 e. The number of halogens is 6. The third-order valence-electron chi connectivity index (χ3n) is 5.03. The molecule has 0 atom stereocenters. The Morgan fingerprint density at radius 2 is 1.03 bits per heavy atom. The average Bonchev–Trinajstić information content (AvgIpc) is 2.62. The van der Waals surface area contributed by atoms with Gasteiger partial charge in [-0.3, -0.25) is 4.79 Å². The van der Waals surface area contributed by atoms with Crippen molar-refractivity contribution < 1.29 is 31.1 Å². The second kappa shape index (κ2) is 8.45. The molecule has 0 heterocycles. The summed E-state index contributed by atoms with van der Waals surface area (Å²) in [6, 6.07) is 6.67. The van der Waals surface area contributed by atoms with Crippen molar-refractivity contribution in [3.8, 4) is 0 Å². The van der Waals surface area contributed by atoms with Gasteiger partial charge in [-0.15, -0.1) is 0 Å². The maximum Gasteiger partial charge on any atom is 0.416 e. The summed E-state index contributed by atoms with van der Waals surface area (Å²) in [4.78, 5) is 12.8. The third kappa shape index (κ3) is 6.50. The number of hydrogen-bond donors (Lipinski definition) is 1. The summed E-state index contributed by atoms with van der Waals surface area (Å²) < 4.78 is 78.3. The van der Waals surface area contributed by atoms with Crippen molar-refractivity contribution in [2.45, 2.75) is 71.3 Å². The van der Waals surface area contributed by atoms with Gasteiger partial charge in [-0.05, 0) is 57.9 Å². The SMILES string of the molecule is CC(C)(C)c1cc(C(=O)NCc2cc(C(F)(F)F)cc(C(F)(F)F)c2)cc(C(C)(C)C)c1. The van der Waals surface area contributed by atoms with Crippen molar-refractivity contribution >= 4 is 5.91 Å². The minimum atomic E-state index is -4.94. The maximum atomic E-state index is 13.1. The second-order valence-electron chi connectivity index (χ2n) is 9.90. The topological polar surface area (TPSA) is 29.1 Å². The van der Waals surface area contributed by atoms with Crippen LogP contribution < -0.4 is 5.32 Å². The van der Waals surface area contributed by atoms with Gasteiger partial charge in [0.05, 0.1) is 11.1 Å². The predicted octanol–water partition coefficient (Wildman–Crippen LogP) is 7.25. The zero-order chi connectivity index (χ0) is 24.7. The minimum absolute atomic E-state index is 0.0632. The molecule has 0 saturated carbocycles. The van der Waals surface area contributed by atoms with Gasteiger partial charge >= 0.3 is 12.4 Å². The number of alkyl halides is 6. The summed E-state index contributed by atoms with van der Waals surface area (Å²) in [7, 11) is 0. The molecule has 0 saturated heterocycles. The van der Waals surface area contributed by atoms with Gasteiger partial charge in [0.25, 0.3) is 5.91 Å². The molecular weight excluding hydrogens is 432 g/mol. The molecule has 2 aromatic carbocycles. The van der Waals surface area contributed by atoms with E-state index in [0.717, 1.165) is 11.1 Å². The predicted molar refractivity (Wildman–Crippen MR) is 111 cm³/mol. The van der Waals surface area contributed by atoms with Gasteiger partial charge in [-0.2, -0.15) is 26.3 Å². The highest BCUT2D eigenvalue weighted by atomic mass is 19.4. The van der Waals surface area contributed by atoms with Crippen molar-refractivity contribution in [3.63, 3.8) is 0 Å². The smallest absolute Gasteiger partial charge is 0.348 e. The van der Waals surface area contributed by atoms with Crippen LogP contribution in [0.4, 0.5) is 26.3 Å². The first-order valence-electron chi connectivity index (χ1n) is 10.0. The molecule has 0 unspecified atom stereocenters. The Bertz CT molecular complexity index is 927. The summed E-state index contributed by atoms with van der Waals surface area (Å²) in [5.74, 6) is -0.576. The number of nitrogens with one attached hydrogen (secondary N) is 1. The van der Waals surface area contributed by atoms with E-state index in [1.54, 1.807) is 12.1 Å². The van der Waals surface area contributed by atoms with E-state index >= 15 is 0 Å². The first-order chi connectivity index (χ1) is 14.3. The summed E-state index contributed by atoms with van der Waals surface area (Å²) in [5, 5.41) is 2.46. The van der Waals surface area contributed by atoms with Crippen molar-refractivity contribution in [2.24, 2.45) is 0 Å². The Kier molecular flexibility index (Phi) is 6.80. The molecule has 1 N–H and O–H groups in total. The van der Waals surface area contributed by atoms with E-state index in [-0.39, 0.29) is 22.5 Å².